The number of carbonyl (C=O) groups is 1. The second-order valence-electron chi connectivity index (χ2n) is 7.05. The van der Waals surface area contributed by atoms with E-state index in [2.05, 4.69) is 12.2 Å². The molecule has 2 aromatic rings. The molecule has 2 aromatic carbocycles. The van der Waals surface area contributed by atoms with Gasteiger partial charge in [-0.2, -0.15) is 17.0 Å². The van der Waals surface area contributed by atoms with Crippen molar-refractivity contribution in [3.05, 3.63) is 65.2 Å². The van der Waals surface area contributed by atoms with Gasteiger partial charge in [-0.05, 0) is 48.6 Å². The van der Waals surface area contributed by atoms with Gasteiger partial charge in [0.25, 0.3) is 10.2 Å². The fourth-order valence-corrected chi connectivity index (χ4v) is 4.93. The molecule has 1 aliphatic heterocycles. The molecular weight excluding hydrogens is 374 g/mol. The normalized spacial score (nSPS) is 17.4. The highest BCUT2D eigenvalue weighted by Gasteiger charge is 2.34. The van der Waals surface area contributed by atoms with E-state index in [0.717, 1.165) is 17.5 Å². The molecule has 0 bridgehead atoms. The summed E-state index contributed by atoms with van der Waals surface area (Å²) in [6, 6.07) is 15.4. The van der Waals surface area contributed by atoms with Crippen LogP contribution in [0.5, 0.6) is 0 Å². The molecule has 1 saturated heterocycles. The van der Waals surface area contributed by atoms with Gasteiger partial charge in [0.2, 0.25) is 5.91 Å². The number of aryl methyl sites for hydroxylation is 2. The molecule has 0 radical (unpaired) electrons. The van der Waals surface area contributed by atoms with Crippen molar-refractivity contribution in [2.75, 3.05) is 25.0 Å². The van der Waals surface area contributed by atoms with E-state index < -0.39 is 10.2 Å². The van der Waals surface area contributed by atoms with Gasteiger partial charge in [0.05, 0.1) is 6.54 Å². The Hall–Kier alpha value is -2.22. The molecule has 7 heteroatoms. The lowest BCUT2D eigenvalue weighted by Crippen LogP contribution is -2.51. The predicted molar refractivity (Wildman–Crippen MR) is 111 cm³/mol. The zero-order valence-electron chi connectivity index (χ0n) is 16.4. The predicted octanol–water partition coefficient (Wildman–Crippen LogP) is 2.95. The number of benzene rings is 2. The third-order valence-corrected chi connectivity index (χ3v) is 6.97. The van der Waals surface area contributed by atoms with Gasteiger partial charge in [-0.15, -0.1) is 0 Å². The van der Waals surface area contributed by atoms with Crippen molar-refractivity contribution in [2.45, 2.75) is 33.2 Å². The molecule has 0 unspecified atom stereocenters. The van der Waals surface area contributed by atoms with E-state index in [0.29, 0.717) is 31.7 Å². The molecule has 1 amide bonds. The van der Waals surface area contributed by atoms with E-state index in [1.165, 1.54) is 14.2 Å². The van der Waals surface area contributed by atoms with Gasteiger partial charge >= 0.3 is 0 Å². The van der Waals surface area contributed by atoms with Crippen molar-refractivity contribution in [3.63, 3.8) is 0 Å². The van der Waals surface area contributed by atoms with E-state index in [1.54, 1.807) is 0 Å². The van der Waals surface area contributed by atoms with Gasteiger partial charge in [-0.3, -0.25) is 4.79 Å². The number of hydrogen-bond donors (Lipinski definition) is 1. The van der Waals surface area contributed by atoms with Crippen molar-refractivity contribution in [1.82, 2.24) is 8.61 Å². The average molecular weight is 402 g/mol. The van der Waals surface area contributed by atoms with Crippen molar-refractivity contribution >= 4 is 21.8 Å². The molecule has 1 heterocycles. The first kappa shape index (κ1) is 20.5. The lowest BCUT2D eigenvalue weighted by Gasteiger charge is -2.34. The zero-order chi connectivity index (χ0) is 20.1. The number of nitrogens with zero attached hydrogens (tertiary/aromatic N) is 2. The van der Waals surface area contributed by atoms with Crippen LogP contribution in [0.25, 0.3) is 0 Å². The summed E-state index contributed by atoms with van der Waals surface area (Å²) in [6.07, 6.45) is 1.63. The second-order valence-corrected chi connectivity index (χ2v) is 8.98. The molecular formula is C21H27N3O3S. The fraction of sp³-hybridized carbons (Fsp3) is 0.381. The average Bonchev–Trinajstić information content (AvgIpc) is 2.67. The molecule has 150 valence electrons. The smallest absolute Gasteiger partial charge is 0.282 e. The van der Waals surface area contributed by atoms with Crippen LogP contribution in [0.4, 0.5) is 5.69 Å². The largest absolute Gasteiger partial charge is 0.325 e. The summed E-state index contributed by atoms with van der Waals surface area (Å²) in [7, 11) is -3.67. The molecule has 1 aliphatic rings. The zero-order valence-corrected chi connectivity index (χ0v) is 17.2. The van der Waals surface area contributed by atoms with Crippen LogP contribution in [-0.4, -0.2) is 42.6 Å². The summed E-state index contributed by atoms with van der Waals surface area (Å²) in [5, 5.41) is 2.79. The molecule has 0 aliphatic carbocycles. The maximum Gasteiger partial charge on any atom is 0.282 e. The molecule has 0 aromatic heterocycles. The third-order valence-electron chi connectivity index (χ3n) is 5.04. The molecule has 0 saturated carbocycles. The van der Waals surface area contributed by atoms with E-state index in [9.17, 15) is 13.2 Å². The highest BCUT2D eigenvalue weighted by atomic mass is 32.2. The summed E-state index contributed by atoms with van der Waals surface area (Å²) in [5.41, 5.74) is 3.90. The van der Waals surface area contributed by atoms with Gasteiger partial charge < -0.3 is 5.32 Å². The maximum absolute atomic E-state index is 13.0. The first-order valence-corrected chi connectivity index (χ1v) is 11.0. The van der Waals surface area contributed by atoms with E-state index in [4.69, 9.17) is 0 Å². The number of nitrogens with one attached hydrogen (secondary N) is 1. The van der Waals surface area contributed by atoms with Gasteiger partial charge in [0.1, 0.15) is 0 Å². The molecule has 0 atom stereocenters. The minimum absolute atomic E-state index is 0.178. The lowest BCUT2D eigenvalue weighted by atomic mass is 10.1. The molecule has 3 rings (SSSR count). The van der Waals surface area contributed by atoms with Crippen LogP contribution < -0.4 is 5.32 Å². The standard InChI is InChI=1S/C21H27N3O3S/c1-3-18-9-11-20(12-10-18)22-21(25)16-24-14-6-13-23(28(24,26)27)15-19-8-5-4-7-17(19)2/h4-5,7-12H,3,6,13-16H2,1-2H3,(H,22,25). The molecule has 1 N–H and O–H groups in total. The second kappa shape index (κ2) is 8.86. The molecule has 28 heavy (non-hydrogen) atoms. The first-order valence-electron chi connectivity index (χ1n) is 9.58. The minimum Gasteiger partial charge on any atom is -0.325 e. The summed E-state index contributed by atoms with van der Waals surface area (Å²) in [6.45, 7) is 5.01. The first-order chi connectivity index (χ1) is 13.4. The quantitative estimate of drug-likeness (QED) is 0.809. The van der Waals surface area contributed by atoms with Crippen LogP contribution >= 0.6 is 0 Å². The van der Waals surface area contributed by atoms with Gasteiger partial charge in [0.15, 0.2) is 0 Å². The molecule has 1 fully saturated rings. The van der Waals surface area contributed by atoms with Gasteiger partial charge in [0, 0.05) is 25.3 Å². The Kier molecular flexibility index (Phi) is 6.49. The summed E-state index contributed by atoms with van der Waals surface area (Å²) in [5.74, 6) is -0.328. The van der Waals surface area contributed by atoms with Crippen molar-refractivity contribution in [1.29, 1.82) is 0 Å². The Bertz CT molecular complexity index is 926. The van der Waals surface area contributed by atoms with Crippen molar-refractivity contribution in [3.8, 4) is 0 Å². The summed E-state index contributed by atoms with van der Waals surface area (Å²) >= 11 is 0. The van der Waals surface area contributed by atoms with Crippen molar-refractivity contribution < 1.29 is 13.2 Å². The number of anilines is 1. The Balaban J connectivity index is 1.66. The Labute approximate surface area is 167 Å². The van der Waals surface area contributed by atoms with Crippen LogP contribution in [0.1, 0.15) is 30.0 Å². The summed E-state index contributed by atoms with van der Waals surface area (Å²) < 4.78 is 28.7. The third kappa shape index (κ3) is 4.79. The maximum atomic E-state index is 13.0. The van der Waals surface area contributed by atoms with E-state index >= 15 is 0 Å². The highest BCUT2D eigenvalue weighted by molar-refractivity contribution is 7.86. The van der Waals surface area contributed by atoms with E-state index in [1.807, 2.05) is 55.5 Å². The SMILES string of the molecule is CCc1ccc(NC(=O)CN2CCCN(Cc3ccccc3C)S2(=O)=O)cc1. The highest BCUT2D eigenvalue weighted by Crippen LogP contribution is 2.21. The number of carbonyl (C=O) groups excluding carboxylic acids is 1. The fourth-order valence-electron chi connectivity index (χ4n) is 3.30. The number of rotatable bonds is 6. The Morgan fingerprint density at radius 3 is 2.39 bits per heavy atom. The van der Waals surface area contributed by atoms with Crippen LogP contribution in [-0.2, 0) is 28.0 Å². The monoisotopic (exact) mass is 401 g/mol. The van der Waals surface area contributed by atoms with E-state index in [-0.39, 0.29) is 12.5 Å². The van der Waals surface area contributed by atoms with Crippen LogP contribution in [0, 0.1) is 6.92 Å². The van der Waals surface area contributed by atoms with Gasteiger partial charge in [-0.25, -0.2) is 0 Å². The molecule has 6 nitrogen and oxygen atoms in total. The Morgan fingerprint density at radius 2 is 1.71 bits per heavy atom. The van der Waals surface area contributed by atoms with Crippen LogP contribution in [0.15, 0.2) is 48.5 Å². The van der Waals surface area contributed by atoms with Crippen LogP contribution in [0.2, 0.25) is 0 Å². The molecule has 0 spiro atoms. The number of hydrogen-bond acceptors (Lipinski definition) is 3. The minimum atomic E-state index is -3.67. The van der Waals surface area contributed by atoms with Gasteiger partial charge in [-0.1, -0.05) is 43.3 Å². The Morgan fingerprint density at radius 1 is 1.04 bits per heavy atom. The number of amides is 1. The topological polar surface area (TPSA) is 69.7 Å². The van der Waals surface area contributed by atoms with Crippen LogP contribution in [0.3, 0.4) is 0 Å². The summed E-state index contributed by atoms with van der Waals surface area (Å²) in [4.78, 5) is 12.4. The van der Waals surface area contributed by atoms with Crippen molar-refractivity contribution in [2.24, 2.45) is 0 Å². The lowest BCUT2D eigenvalue weighted by molar-refractivity contribution is -0.116.